The van der Waals surface area contributed by atoms with Crippen molar-refractivity contribution in [2.45, 2.75) is 114 Å². The summed E-state index contributed by atoms with van der Waals surface area (Å²) in [5.74, 6) is -5.65. The second-order valence-corrected chi connectivity index (χ2v) is 18.1. The Labute approximate surface area is 422 Å². The lowest BCUT2D eigenvalue weighted by atomic mass is 9.99. The average Bonchev–Trinajstić information content (AvgIpc) is 4.05. The normalized spacial score (nSPS) is 20.2. The lowest BCUT2D eigenvalue weighted by Gasteiger charge is -2.28. The van der Waals surface area contributed by atoms with Crippen molar-refractivity contribution < 1.29 is 38.4 Å². The molecule has 8 amide bonds. The number of amides is 8. The molecule has 3 aromatic carbocycles. The molecule has 0 saturated carbocycles. The molecule has 1 aliphatic heterocycles. The predicted molar refractivity (Wildman–Crippen MR) is 273 cm³/mol. The van der Waals surface area contributed by atoms with Gasteiger partial charge >= 0.3 is 0 Å². The van der Waals surface area contributed by atoms with Crippen LogP contribution >= 0.6 is 0 Å². The van der Waals surface area contributed by atoms with Gasteiger partial charge in [-0.2, -0.15) is 0 Å². The molecule has 6 atom stereocenters. The van der Waals surface area contributed by atoms with Crippen LogP contribution in [0.25, 0.3) is 21.7 Å². The highest BCUT2D eigenvalue weighted by atomic mass is 16.2. The van der Waals surface area contributed by atoms with Crippen molar-refractivity contribution in [3.8, 4) is 0 Å². The highest BCUT2D eigenvalue weighted by molar-refractivity contribution is 5.98. The Morgan fingerprint density at radius 2 is 1.44 bits per heavy atom. The molecule has 0 aliphatic carbocycles. The molecule has 0 bridgehead atoms. The minimum atomic E-state index is -1.41. The zero-order valence-corrected chi connectivity index (χ0v) is 41.0. The van der Waals surface area contributed by atoms with Crippen LogP contribution in [0.2, 0.25) is 0 Å². The van der Waals surface area contributed by atoms with E-state index in [4.69, 9.17) is 11.1 Å². The van der Waals surface area contributed by atoms with Gasteiger partial charge in [0.2, 0.25) is 47.3 Å². The number of aromatic amines is 2. The third-order valence-electron chi connectivity index (χ3n) is 12.4. The van der Waals surface area contributed by atoms with E-state index in [0.717, 1.165) is 27.2 Å². The van der Waals surface area contributed by atoms with Crippen molar-refractivity contribution in [1.29, 1.82) is 5.41 Å². The second-order valence-electron chi connectivity index (χ2n) is 18.1. The average molecular weight is 1000 g/mol. The van der Waals surface area contributed by atoms with Crippen molar-refractivity contribution in [2.75, 3.05) is 19.6 Å². The number of nitrogens with one attached hydrogen (secondary N) is 12. The van der Waals surface area contributed by atoms with Crippen molar-refractivity contribution in [1.82, 2.24) is 62.8 Å². The van der Waals surface area contributed by atoms with Gasteiger partial charge < -0.3 is 63.6 Å². The smallest absolute Gasteiger partial charge is 0.243 e. The zero-order chi connectivity index (χ0) is 52.3. The van der Waals surface area contributed by atoms with Crippen LogP contribution in [-0.4, -0.2) is 124 Å². The van der Waals surface area contributed by atoms with Gasteiger partial charge in [-0.3, -0.25) is 43.8 Å². The van der Waals surface area contributed by atoms with Crippen LogP contribution in [0.1, 0.15) is 75.6 Å². The maximum atomic E-state index is 14.8. The first kappa shape index (κ1) is 54.0. The first-order valence-electron chi connectivity index (χ1n) is 24.6. The lowest BCUT2D eigenvalue weighted by Crippen LogP contribution is -2.60. The van der Waals surface area contributed by atoms with Crippen molar-refractivity contribution >= 4 is 74.9 Å². The number of unbranched alkanes of at least 4 members (excludes halogenated alkanes) is 1. The summed E-state index contributed by atoms with van der Waals surface area (Å²) in [6.45, 7) is 3.25. The number of carbonyl (C=O) groups excluding carboxylic acids is 8. The molecule has 14 N–H and O–H groups in total. The number of hydrogen-bond acceptors (Lipinski definition) is 10. The van der Waals surface area contributed by atoms with Crippen LogP contribution < -0.4 is 53.6 Å². The number of nitrogens with zero attached hydrogens (tertiary/aromatic N) is 1. The standard InChI is InChI=1S/C51H66N14O8/c1-3-4-13-38(60-30(2)66)46(69)62-40-18-19-44(67)55-21-22-56-45(68)42(25-34-27-58-37-14-8-7-12-36(34)37)64-47(70)39(15-9-20-57-51(52)53)61-49(72)41(24-31-16-17-32-10-5-6-11-33(32)23-31)63-50(73)43(65-48(40)71)26-35-28-54-29-59-35/h5-8,10-12,14,16-17,23,27-29,38-43,58H,3-4,9,13,15,18-22,24-26H2,1-2H3,(H,54,59)(H,55,67)(H,56,68)(H,60,66)(H,61,72)(H,62,69)(H,63,73)(H,64,70)(H,65,71)(H4,52,53,57)/t38-,39-,40-,41+,42+,43-/m0/s1. The van der Waals surface area contributed by atoms with Gasteiger partial charge in [-0.15, -0.1) is 0 Å². The summed E-state index contributed by atoms with van der Waals surface area (Å²) in [4.78, 5) is 122. The van der Waals surface area contributed by atoms with Crippen molar-refractivity contribution in [3.05, 3.63) is 102 Å². The Bertz CT molecular complexity index is 2740. The van der Waals surface area contributed by atoms with Crippen LogP contribution in [0.15, 0.2) is 85.5 Å². The van der Waals surface area contributed by atoms with Crippen LogP contribution in [-0.2, 0) is 57.6 Å². The summed E-state index contributed by atoms with van der Waals surface area (Å²) in [5.41, 5.74) is 8.10. The van der Waals surface area contributed by atoms with Gasteiger partial charge in [0.25, 0.3) is 0 Å². The largest absolute Gasteiger partial charge is 0.370 e. The monoisotopic (exact) mass is 1000 g/mol. The predicted octanol–water partition coefficient (Wildman–Crippen LogP) is 0.480. The summed E-state index contributed by atoms with van der Waals surface area (Å²) in [6, 6.07) is 13.0. The van der Waals surface area contributed by atoms with Gasteiger partial charge in [-0.1, -0.05) is 80.4 Å². The van der Waals surface area contributed by atoms with Gasteiger partial charge in [-0.05, 0) is 53.6 Å². The van der Waals surface area contributed by atoms with E-state index in [2.05, 4.69) is 62.8 Å². The molecule has 73 heavy (non-hydrogen) atoms. The molecule has 0 radical (unpaired) electrons. The molecule has 1 saturated heterocycles. The number of hydrogen-bond donors (Lipinski definition) is 13. The van der Waals surface area contributed by atoms with E-state index >= 15 is 0 Å². The van der Waals surface area contributed by atoms with Crippen LogP contribution in [0.5, 0.6) is 0 Å². The second kappa shape index (κ2) is 26.8. The number of aromatic nitrogens is 3. The summed E-state index contributed by atoms with van der Waals surface area (Å²) in [7, 11) is 0. The molecule has 22 nitrogen and oxygen atoms in total. The Hall–Kier alpha value is -8.30. The molecule has 0 unspecified atom stereocenters. The fraction of sp³-hybridized carbons (Fsp3) is 0.412. The quantitative estimate of drug-likeness (QED) is 0.0366. The molecule has 22 heteroatoms. The molecule has 3 heterocycles. The third-order valence-corrected chi connectivity index (χ3v) is 12.4. The molecule has 1 aliphatic rings. The Morgan fingerprint density at radius 3 is 2.16 bits per heavy atom. The number of imidazole rings is 1. The number of para-hydroxylation sites is 1. The van der Waals surface area contributed by atoms with Crippen LogP contribution in [0.3, 0.4) is 0 Å². The molecular formula is C51H66N14O8. The number of H-pyrrole nitrogens is 2. The van der Waals surface area contributed by atoms with Gasteiger partial charge in [0.15, 0.2) is 5.96 Å². The van der Waals surface area contributed by atoms with Crippen LogP contribution in [0.4, 0.5) is 0 Å². The van der Waals surface area contributed by atoms with Gasteiger partial charge in [0.05, 0.1) is 12.0 Å². The highest BCUT2D eigenvalue weighted by Crippen LogP contribution is 2.20. The van der Waals surface area contributed by atoms with Gasteiger partial charge in [0, 0.05) is 75.5 Å². The topological polar surface area (TPSA) is 339 Å². The summed E-state index contributed by atoms with van der Waals surface area (Å²) < 4.78 is 0. The first-order valence-corrected chi connectivity index (χ1v) is 24.6. The van der Waals surface area contributed by atoms with E-state index in [-0.39, 0.29) is 77.0 Å². The van der Waals surface area contributed by atoms with E-state index in [1.165, 1.54) is 19.4 Å². The van der Waals surface area contributed by atoms with Gasteiger partial charge in [-0.25, -0.2) is 4.98 Å². The molecule has 2 aromatic heterocycles. The Morgan fingerprint density at radius 1 is 0.767 bits per heavy atom. The van der Waals surface area contributed by atoms with E-state index in [1.54, 1.807) is 6.20 Å². The zero-order valence-electron chi connectivity index (χ0n) is 41.0. The molecule has 1 fully saturated rings. The summed E-state index contributed by atoms with van der Waals surface area (Å²) >= 11 is 0. The summed E-state index contributed by atoms with van der Waals surface area (Å²) in [6.07, 6.45) is 5.76. The van der Waals surface area contributed by atoms with E-state index in [0.29, 0.717) is 24.1 Å². The lowest BCUT2D eigenvalue weighted by molar-refractivity contribution is -0.135. The third kappa shape index (κ3) is 16.4. The van der Waals surface area contributed by atoms with Crippen LogP contribution in [0, 0.1) is 5.41 Å². The Kier molecular flexibility index (Phi) is 19.8. The van der Waals surface area contributed by atoms with E-state index < -0.39 is 83.5 Å². The minimum Gasteiger partial charge on any atom is -0.370 e. The van der Waals surface area contributed by atoms with Crippen molar-refractivity contribution in [3.63, 3.8) is 0 Å². The molecule has 6 rings (SSSR count). The van der Waals surface area contributed by atoms with E-state index in [1.807, 2.05) is 73.7 Å². The van der Waals surface area contributed by atoms with E-state index in [9.17, 15) is 38.4 Å². The van der Waals surface area contributed by atoms with Gasteiger partial charge in [0.1, 0.15) is 36.3 Å². The number of fused-ring (bicyclic) bond motifs is 2. The molecule has 388 valence electrons. The number of guanidine groups is 1. The fourth-order valence-corrected chi connectivity index (χ4v) is 8.59. The fourth-order valence-electron chi connectivity index (χ4n) is 8.59. The highest BCUT2D eigenvalue weighted by Gasteiger charge is 2.34. The maximum Gasteiger partial charge on any atom is 0.243 e. The number of benzene rings is 3. The number of carbonyl (C=O) groups is 8. The minimum absolute atomic E-state index is 0.00807. The SMILES string of the molecule is CCCC[C@H](NC(C)=O)C(=O)N[C@H]1CCC(=O)NCCNC(=O)[C@@H](Cc2c[nH]c3ccccc23)NC(=O)[C@H](CCCNC(=N)N)NC(=O)[C@@H](Cc2ccc3ccccc3c2)NC(=O)[C@H](Cc2c[nH]cn2)NC1=O. The maximum absolute atomic E-state index is 14.8. The Balaban J connectivity index is 1.38. The molecular weight excluding hydrogens is 937 g/mol. The molecule has 5 aromatic rings. The van der Waals surface area contributed by atoms with Crippen molar-refractivity contribution in [2.24, 2.45) is 5.73 Å². The first-order chi connectivity index (χ1) is 35.2. The molecule has 0 spiro atoms. The summed E-state index contributed by atoms with van der Waals surface area (Å²) in [5, 5.41) is 35.0. The number of rotatable bonds is 16. The number of nitrogens with two attached hydrogens (primary N) is 1.